The van der Waals surface area contributed by atoms with Crippen LogP contribution in [0.2, 0.25) is 0 Å². The van der Waals surface area contributed by atoms with Crippen LogP contribution in [-0.2, 0) is 14.3 Å². The van der Waals surface area contributed by atoms with Gasteiger partial charge in [0.1, 0.15) is 5.60 Å². The molecule has 3 fully saturated rings. The standard InChI is InChI=1S/C25H44O3/c1-10-16(3)21(26)28-24(9)19-14-25(15-20(24)27-22(5,6)11-2)17(4)12-13-18(25)23(19,7)8/h16-20H,10-15H2,1-9H3. The topological polar surface area (TPSA) is 35.5 Å². The summed E-state index contributed by atoms with van der Waals surface area (Å²) in [6.07, 6.45) is 6.60. The Kier molecular flexibility index (Phi) is 5.53. The van der Waals surface area contributed by atoms with Gasteiger partial charge in [0.25, 0.3) is 0 Å². The molecule has 3 aliphatic carbocycles. The fourth-order valence-corrected chi connectivity index (χ4v) is 7.07. The first-order valence-corrected chi connectivity index (χ1v) is 11.7. The first-order valence-electron chi connectivity index (χ1n) is 11.7. The molecule has 0 aromatic heterocycles. The molecule has 0 radical (unpaired) electrons. The van der Waals surface area contributed by atoms with Gasteiger partial charge < -0.3 is 9.47 Å². The number of fused-ring (bicyclic) bond motifs is 1. The Morgan fingerprint density at radius 3 is 2.32 bits per heavy atom. The molecule has 0 aromatic carbocycles. The van der Waals surface area contributed by atoms with E-state index in [0.717, 1.165) is 25.2 Å². The quantitative estimate of drug-likeness (QED) is 0.491. The Morgan fingerprint density at radius 2 is 1.75 bits per heavy atom. The predicted molar refractivity (Wildman–Crippen MR) is 114 cm³/mol. The van der Waals surface area contributed by atoms with E-state index in [2.05, 4.69) is 55.4 Å². The Labute approximate surface area is 173 Å². The summed E-state index contributed by atoms with van der Waals surface area (Å²) in [7, 11) is 0. The van der Waals surface area contributed by atoms with Gasteiger partial charge in [-0.3, -0.25) is 4.79 Å². The minimum Gasteiger partial charge on any atom is -0.456 e. The number of ether oxygens (including phenoxy) is 2. The van der Waals surface area contributed by atoms with E-state index in [1.54, 1.807) is 0 Å². The lowest BCUT2D eigenvalue weighted by atomic mass is 9.62. The molecule has 3 heteroatoms. The van der Waals surface area contributed by atoms with Crippen LogP contribution in [-0.4, -0.2) is 23.3 Å². The van der Waals surface area contributed by atoms with E-state index < -0.39 is 5.60 Å². The lowest BCUT2D eigenvalue weighted by Gasteiger charge is -2.53. The normalized spacial score (nSPS) is 42.9. The highest BCUT2D eigenvalue weighted by Gasteiger charge is 2.72. The van der Waals surface area contributed by atoms with Crippen molar-refractivity contribution in [1.82, 2.24) is 0 Å². The molecule has 3 aliphatic rings. The highest BCUT2D eigenvalue weighted by molar-refractivity contribution is 5.72. The molecule has 0 aliphatic heterocycles. The largest absolute Gasteiger partial charge is 0.456 e. The number of carbonyl (C=O) groups is 1. The van der Waals surface area contributed by atoms with Crippen molar-refractivity contribution in [3.05, 3.63) is 0 Å². The van der Waals surface area contributed by atoms with Crippen molar-refractivity contribution in [2.75, 3.05) is 0 Å². The van der Waals surface area contributed by atoms with Gasteiger partial charge in [-0.2, -0.15) is 0 Å². The second kappa shape index (κ2) is 7.00. The number of hydrogen-bond donors (Lipinski definition) is 0. The number of hydrogen-bond acceptors (Lipinski definition) is 3. The zero-order valence-electron chi connectivity index (χ0n) is 19.9. The third-order valence-corrected chi connectivity index (χ3v) is 9.49. The van der Waals surface area contributed by atoms with Crippen LogP contribution in [0.4, 0.5) is 0 Å². The van der Waals surface area contributed by atoms with Crippen molar-refractivity contribution in [3.63, 3.8) is 0 Å². The molecule has 0 saturated heterocycles. The molecule has 0 N–H and O–H groups in total. The van der Waals surface area contributed by atoms with Gasteiger partial charge in [-0.15, -0.1) is 0 Å². The second-order valence-electron chi connectivity index (χ2n) is 11.7. The van der Waals surface area contributed by atoms with Crippen LogP contribution < -0.4 is 0 Å². The molecular weight excluding hydrogens is 348 g/mol. The summed E-state index contributed by atoms with van der Waals surface area (Å²) >= 11 is 0. The average molecular weight is 393 g/mol. The van der Waals surface area contributed by atoms with Crippen LogP contribution >= 0.6 is 0 Å². The van der Waals surface area contributed by atoms with Gasteiger partial charge in [0.05, 0.1) is 17.6 Å². The third-order valence-electron chi connectivity index (χ3n) is 9.49. The van der Waals surface area contributed by atoms with E-state index in [1.165, 1.54) is 19.3 Å². The maximum atomic E-state index is 12.9. The van der Waals surface area contributed by atoms with Crippen LogP contribution in [0.5, 0.6) is 0 Å². The highest BCUT2D eigenvalue weighted by atomic mass is 16.6. The minimum atomic E-state index is -0.550. The molecule has 3 nitrogen and oxygen atoms in total. The summed E-state index contributed by atoms with van der Waals surface area (Å²) in [5.74, 6) is 1.68. The van der Waals surface area contributed by atoms with Crippen molar-refractivity contribution >= 4 is 5.97 Å². The highest BCUT2D eigenvalue weighted by Crippen LogP contribution is 2.74. The smallest absolute Gasteiger partial charge is 0.309 e. The fraction of sp³-hybridized carbons (Fsp3) is 0.960. The van der Waals surface area contributed by atoms with E-state index in [0.29, 0.717) is 17.3 Å². The lowest BCUT2D eigenvalue weighted by Crippen LogP contribution is -2.59. The Bertz CT molecular complexity index is 609. The molecule has 28 heavy (non-hydrogen) atoms. The Hall–Kier alpha value is -0.570. The molecule has 3 saturated carbocycles. The van der Waals surface area contributed by atoms with E-state index in [4.69, 9.17) is 9.47 Å². The van der Waals surface area contributed by atoms with Crippen molar-refractivity contribution in [2.24, 2.45) is 34.5 Å². The van der Waals surface area contributed by atoms with Gasteiger partial charge in [0, 0.05) is 5.92 Å². The number of esters is 1. The van der Waals surface area contributed by atoms with E-state index in [9.17, 15) is 4.79 Å². The third kappa shape index (κ3) is 3.15. The van der Waals surface area contributed by atoms with Gasteiger partial charge in [-0.1, -0.05) is 41.5 Å². The van der Waals surface area contributed by atoms with Crippen LogP contribution in [0.15, 0.2) is 0 Å². The van der Waals surface area contributed by atoms with Crippen LogP contribution in [0, 0.1) is 34.5 Å². The molecule has 7 atom stereocenters. The first-order chi connectivity index (χ1) is 12.8. The number of rotatable bonds is 6. The van der Waals surface area contributed by atoms with Crippen molar-refractivity contribution < 1.29 is 14.3 Å². The molecule has 2 bridgehead atoms. The van der Waals surface area contributed by atoms with Gasteiger partial charge >= 0.3 is 5.97 Å². The fourth-order valence-electron chi connectivity index (χ4n) is 7.07. The van der Waals surface area contributed by atoms with E-state index in [-0.39, 0.29) is 29.0 Å². The monoisotopic (exact) mass is 392 g/mol. The summed E-state index contributed by atoms with van der Waals surface area (Å²) in [6, 6.07) is 0. The molecule has 1 spiro atoms. The summed E-state index contributed by atoms with van der Waals surface area (Å²) < 4.78 is 13.2. The van der Waals surface area contributed by atoms with E-state index in [1.807, 2.05) is 6.92 Å². The number of carbonyl (C=O) groups excluding carboxylic acids is 1. The van der Waals surface area contributed by atoms with Gasteiger partial charge in [0.15, 0.2) is 0 Å². The summed E-state index contributed by atoms with van der Waals surface area (Å²) in [5.41, 5.74) is -0.232. The molecule has 3 rings (SSSR count). The SMILES string of the molecule is CCC(C)C(=O)OC1(C)C(OC(C)(C)CC)CC23CC1C(C)(C)C2CCC3C. The van der Waals surface area contributed by atoms with Crippen molar-refractivity contribution in [1.29, 1.82) is 0 Å². The lowest BCUT2D eigenvalue weighted by molar-refractivity contribution is -0.233. The summed E-state index contributed by atoms with van der Waals surface area (Å²) in [5, 5.41) is 0. The first kappa shape index (κ1) is 22.1. The van der Waals surface area contributed by atoms with Crippen LogP contribution in [0.1, 0.15) is 101 Å². The molecule has 7 unspecified atom stereocenters. The average Bonchev–Trinajstić information content (AvgIpc) is 3.03. The van der Waals surface area contributed by atoms with Gasteiger partial charge in [-0.25, -0.2) is 0 Å². The maximum Gasteiger partial charge on any atom is 0.309 e. The van der Waals surface area contributed by atoms with Crippen LogP contribution in [0.25, 0.3) is 0 Å². The van der Waals surface area contributed by atoms with Gasteiger partial charge in [0.2, 0.25) is 0 Å². The predicted octanol–water partition coefficient (Wildman–Crippen LogP) is 6.39. The Morgan fingerprint density at radius 1 is 1.11 bits per heavy atom. The maximum absolute atomic E-state index is 12.9. The minimum absolute atomic E-state index is 0.0287. The zero-order valence-corrected chi connectivity index (χ0v) is 19.9. The molecule has 0 amide bonds. The van der Waals surface area contributed by atoms with Crippen molar-refractivity contribution in [3.8, 4) is 0 Å². The summed E-state index contributed by atoms with van der Waals surface area (Å²) in [4.78, 5) is 12.9. The Balaban J connectivity index is 2.03. The molecular formula is C25H44O3. The van der Waals surface area contributed by atoms with Crippen LogP contribution in [0.3, 0.4) is 0 Å². The molecule has 0 aromatic rings. The van der Waals surface area contributed by atoms with Crippen molar-refractivity contribution in [2.45, 2.75) is 118 Å². The van der Waals surface area contributed by atoms with E-state index >= 15 is 0 Å². The molecule has 162 valence electrons. The summed E-state index contributed by atoms with van der Waals surface area (Å²) in [6.45, 7) is 20.1. The molecule has 0 heterocycles. The second-order valence-corrected chi connectivity index (χ2v) is 11.7. The zero-order chi connectivity index (χ0) is 21.1. The van der Waals surface area contributed by atoms with Gasteiger partial charge in [-0.05, 0) is 82.0 Å².